The second-order valence-corrected chi connectivity index (χ2v) is 5.03. The van der Waals surface area contributed by atoms with Gasteiger partial charge in [0.2, 0.25) is 0 Å². The van der Waals surface area contributed by atoms with Gasteiger partial charge in [-0.3, -0.25) is 9.59 Å². The Morgan fingerprint density at radius 3 is 1.77 bits per heavy atom. The second kappa shape index (κ2) is 6.19. The maximum absolute atomic E-state index is 11.1. The third-order valence-electron chi connectivity index (χ3n) is 3.62. The van der Waals surface area contributed by atoms with E-state index >= 15 is 0 Å². The molecule has 0 saturated heterocycles. The molecule has 2 nitrogen and oxygen atoms in total. The minimum absolute atomic E-state index is 0.645. The molecule has 0 radical (unpaired) electrons. The van der Waals surface area contributed by atoms with Gasteiger partial charge in [-0.25, -0.2) is 0 Å². The van der Waals surface area contributed by atoms with Crippen LogP contribution in [0.2, 0.25) is 0 Å². The Balaban J connectivity index is 2.17. The van der Waals surface area contributed by atoms with Crippen molar-refractivity contribution in [3.63, 3.8) is 0 Å². The minimum atomic E-state index is 0.645. The van der Waals surface area contributed by atoms with E-state index in [-0.39, 0.29) is 0 Å². The summed E-state index contributed by atoms with van der Waals surface area (Å²) in [5.41, 5.74) is 5.41. The lowest BCUT2D eigenvalue weighted by Gasteiger charge is -2.11. The highest BCUT2D eigenvalue weighted by atomic mass is 16.1. The molecule has 0 amide bonds. The summed E-state index contributed by atoms with van der Waals surface area (Å²) in [5, 5.41) is 0. The Morgan fingerprint density at radius 2 is 1.14 bits per heavy atom. The van der Waals surface area contributed by atoms with Gasteiger partial charge >= 0.3 is 0 Å². The molecule has 3 rings (SSSR count). The summed E-state index contributed by atoms with van der Waals surface area (Å²) in [4.78, 5) is 21.9. The van der Waals surface area contributed by atoms with Crippen molar-refractivity contribution in [2.75, 3.05) is 0 Å². The van der Waals surface area contributed by atoms with E-state index in [0.29, 0.717) is 11.1 Å². The summed E-state index contributed by atoms with van der Waals surface area (Å²) in [5.74, 6) is 0. The second-order valence-electron chi connectivity index (χ2n) is 5.03. The lowest BCUT2D eigenvalue weighted by atomic mass is 9.92. The molecule has 2 heteroatoms. The Labute approximate surface area is 129 Å². The fourth-order valence-corrected chi connectivity index (χ4v) is 2.48. The summed E-state index contributed by atoms with van der Waals surface area (Å²) in [6.07, 6.45) is 1.68. The summed E-state index contributed by atoms with van der Waals surface area (Å²) in [6.45, 7) is 0. The van der Waals surface area contributed by atoms with Gasteiger partial charge in [-0.05, 0) is 28.3 Å². The fourth-order valence-electron chi connectivity index (χ4n) is 2.48. The molecule has 0 saturated carbocycles. The molecule has 0 spiro atoms. The molecule has 106 valence electrons. The predicted octanol–water partition coefficient (Wildman–Crippen LogP) is 4.65. The van der Waals surface area contributed by atoms with E-state index in [1.165, 1.54) is 0 Å². The van der Waals surface area contributed by atoms with Gasteiger partial charge in [0.05, 0.1) is 0 Å². The Morgan fingerprint density at radius 1 is 0.545 bits per heavy atom. The van der Waals surface area contributed by atoms with Crippen molar-refractivity contribution < 1.29 is 9.59 Å². The molecule has 0 unspecified atom stereocenters. The zero-order valence-corrected chi connectivity index (χ0v) is 11.9. The highest BCUT2D eigenvalue weighted by Crippen LogP contribution is 2.32. The third-order valence-corrected chi connectivity index (χ3v) is 3.62. The van der Waals surface area contributed by atoms with E-state index in [9.17, 15) is 9.59 Å². The van der Waals surface area contributed by atoms with Gasteiger partial charge in [-0.15, -0.1) is 0 Å². The predicted molar refractivity (Wildman–Crippen MR) is 88.1 cm³/mol. The van der Waals surface area contributed by atoms with Crippen LogP contribution in [-0.4, -0.2) is 12.6 Å². The van der Waals surface area contributed by atoms with Crippen LogP contribution in [-0.2, 0) is 0 Å². The molecule has 3 aromatic rings. The van der Waals surface area contributed by atoms with Crippen molar-refractivity contribution in [1.29, 1.82) is 0 Å². The molecule has 0 atom stereocenters. The molecule has 0 aromatic heterocycles. The molecule has 0 aliphatic rings. The first-order valence-electron chi connectivity index (χ1n) is 7.02. The Bertz CT molecular complexity index is 803. The molecule has 0 aliphatic heterocycles. The topological polar surface area (TPSA) is 34.1 Å². The first kappa shape index (κ1) is 14.0. The van der Waals surface area contributed by atoms with Gasteiger partial charge in [0.25, 0.3) is 0 Å². The Hall–Kier alpha value is -3.00. The highest BCUT2D eigenvalue weighted by molar-refractivity contribution is 5.89. The third kappa shape index (κ3) is 2.72. The number of hydrogen-bond acceptors (Lipinski definition) is 2. The number of benzene rings is 3. The summed E-state index contributed by atoms with van der Waals surface area (Å²) >= 11 is 0. The van der Waals surface area contributed by atoms with Gasteiger partial charge < -0.3 is 0 Å². The molecule has 22 heavy (non-hydrogen) atoms. The van der Waals surface area contributed by atoms with Crippen LogP contribution in [0.4, 0.5) is 0 Å². The molecule has 0 N–H and O–H groups in total. The smallest absolute Gasteiger partial charge is 0.150 e. The number of hydrogen-bond donors (Lipinski definition) is 0. The molecule has 0 bridgehead atoms. The molecular weight excluding hydrogens is 272 g/mol. The van der Waals surface area contributed by atoms with Crippen LogP contribution in [0.25, 0.3) is 22.3 Å². The van der Waals surface area contributed by atoms with Gasteiger partial charge in [0.15, 0.2) is 0 Å². The van der Waals surface area contributed by atoms with E-state index < -0.39 is 0 Å². The van der Waals surface area contributed by atoms with Crippen molar-refractivity contribution in [2.45, 2.75) is 0 Å². The number of carbonyl (C=O) groups excluding carboxylic acids is 2. The number of carbonyl (C=O) groups is 2. The van der Waals surface area contributed by atoms with E-state index in [2.05, 4.69) is 0 Å². The monoisotopic (exact) mass is 286 g/mol. The van der Waals surface area contributed by atoms with Crippen LogP contribution in [0.3, 0.4) is 0 Å². The van der Waals surface area contributed by atoms with E-state index in [1.54, 1.807) is 12.1 Å². The van der Waals surface area contributed by atoms with Crippen LogP contribution < -0.4 is 0 Å². The fraction of sp³-hybridized carbons (Fsp3) is 0. The summed E-state index contributed by atoms with van der Waals surface area (Å²) < 4.78 is 0. The highest BCUT2D eigenvalue weighted by Gasteiger charge is 2.08. The SMILES string of the molecule is O=Cc1ccc(-c2ccc(C=O)cc2-c2ccccc2)cc1. The van der Waals surface area contributed by atoms with Gasteiger partial charge in [-0.1, -0.05) is 66.7 Å². The average molecular weight is 286 g/mol. The van der Waals surface area contributed by atoms with Crippen LogP contribution in [0, 0.1) is 0 Å². The van der Waals surface area contributed by atoms with Crippen molar-refractivity contribution in [3.8, 4) is 22.3 Å². The molecule has 0 heterocycles. The largest absolute Gasteiger partial charge is 0.298 e. The molecule has 3 aromatic carbocycles. The quantitative estimate of drug-likeness (QED) is 0.654. The maximum atomic E-state index is 11.1. The number of rotatable bonds is 4. The van der Waals surface area contributed by atoms with Crippen molar-refractivity contribution in [3.05, 3.63) is 83.9 Å². The van der Waals surface area contributed by atoms with Crippen LogP contribution in [0.1, 0.15) is 20.7 Å². The first-order valence-corrected chi connectivity index (χ1v) is 7.02. The van der Waals surface area contributed by atoms with Gasteiger partial charge in [0, 0.05) is 11.1 Å². The van der Waals surface area contributed by atoms with Crippen molar-refractivity contribution in [2.24, 2.45) is 0 Å². The van der Waals surface area contributed by atoms with Crippen LogP contribution >= 0.6 is 0 Å². The van der Waals surface area contributed by atoms with Gasteiger partial charge in [0.1, 0.15) is 12.6 Å². The summed E-state index contributed by atoms with van der Waals surface area (Å²) in [7, 11) is 0. The molecular formula is C20H14O2. The lowest BCUT2D eigenvalue weighted by molar-refractivity contribution is 0.111. The minimum Gasteiger partial charge on any atom is -0.298 e. The van der Waals surface area contributed by atoms with E-state index in [4.69, 9.17) is 0 Å². The lowest BCUT2D eigenvalue weighted by Crippen LogP contribution is -1.89. The molecule has 0 fully saturated rings. The van der Waals surface area contributed by atoms with E-state index in [0.717, 1.165) is 34.8 Å². The van der Waals surface area contributed by atoms with E-state index in [1.807, 2.05) is 60.7 Å². The van der Waals surface area contributed by atoms with Crippen molar-refractivity contribution >= 4 is 12.6 Å². The summed E-state index contributed by atoms with van der Waals surface area (Å²) in [6, 6.07) is 23.0. The van der Waals surface area contributed by atoms with Gasteiger partial charge in [-0.2, -0.15) is 0 Å². The number of aldehydes is 2. The van der Waals surface area contributed by atoms with Crippen LogP contribution in [0.5, 0.6) is 0 Å². The molecule has 0 aliphatic carbocycles. The Kier molecular flexibility index (Phi) is 3.92. The zero-order valence-electron chi connectivity index (χ0n) is 11.9. The van der Waals surface area contributed by atoms with Crippen LogP contribution in [0.15, 0.2) is 72.8 Å². The maximum Gasteiger partial charge on any atom is 0.150 e. The zero-order chi connectivity index (χ0) is 15.4. The standard InChI is InChI=1S/C20H14O2/c21-13-15-6-9-18(10-7-15)19-11-8-16(14-22)12-20(19)17-4-2-1-3-5-17/h1-14H. The first-order chi connectivity index (χ1) is 10.8. The normalized spacial score (nSPS) is 10.2. The average Bonchev–Trinajstić information content (AvgIpc) is 2.62. The van der Waals surface area contributed by atoms with Crippen molar-refractivity contribution in [1.82, 2.24) is 0 Å².